The lowest BCUT2D eigenvalue weighted by molar-refractivity contribution is 0.669. The van der Waals surface area contributed by atoms with E-state index in [1.807, 2.05) is 115 Å². The van der Waals surface area contributed by atoms with Crippen LogP contribution in [0.3, 0.4) is 0 Å². The molecule has 0 saturated carbocycles. The molecule has 0 aliphatic rings. The molecule has 0 spiro atoms. The van der Waals surface area contributed by atoms with Crippen LogP contribution in [0, 0.1) is 17.9 Å². The summed E-state index contributed by atoms with van der Waals surface area (Å²) < 4.78 is 6.78. The standard InChI is InChI=1S/C53H31N5O/c1-55-47-22-12-10-20-43(47)40-30-39(42-19-9-8-18-38(42)33-54)31-41(32-40)44-28-29-46-45-21-11-13-23-48(45)59-50(46)49(44)53-57-51(36-16-6-3-7-17-36)56-52(58-53)37-26-24-35(25-27-37)34-14-4-2-5-15-34/h2-32H. The summed E-state index contributed by atoms with van der Waals surface area (Å²) in [4.78, 5) is 19.4. The predicted octanol–water partition coefficient (Wildman–Crippen LogP) is 13.9. The van der Waals surface area contributed by atoms with Gasteiger partial charge in [-0.3, -0.25) is 0 Å². The van der Waals surface area contributed by atoms with Gasteiger partial charge in [0.1, 0.15) is 11.2 Å². The van der Waals surface area contributed by atoms with Gasteiger partial charge >= 0.3 is 0 Å². The Morgan fingerprint density at radius 2 is 0.966 bits per heavy atom. The number of aromatic nitrogens is 3. The number of benzene rings is 8. The van der Waals surface area contributed by atoms with Crippen LogP contribution in [0.15, 0.2) is 192 Å². The normalized spacial score (nSPS) is 11.0. The van der Waals surface area contributed by atoms with Gasteiger partial charge < -0.3 is 4.42 Å². The minimum absolute atomic E-state index is 0.451. The molecular formula is C53H31N5O. The van der Waals surface area contributed by atoms with Crippen LogP contribution >= 0.6 is 0 Å². The van der Waals surface area contributed by atoms with Gasteiger partial charge in [0, 0.05) is 21.9 Å². The fourth-order valence-corrected chi connectivity index (χ4v) is 7.77. The molecule has 10 aromatic rings. The third-order valence-corrected chi connectivity index (χ3v) is 10.6. The molecule has 6 nitrogen and oxygen atoms in total. The van der Waals surface area contributed by atoms with Gasteiger partial charge in [-0.15, -0.1) is 0 Å². The maximum atomic E-state index is 10.2. The minimum Gasteiger partial charge on any atom is -0.455 e. The van der Waals surface area contributed by atoms with Crippen LogP contribution in [0.4, 0.5) is 5.69 Å². The van der Waals surface area contributed by atoms with Crippen LogP contribution in [0.5, 0.6) is 0 Å². The smallest absolute Gasteiger partial charge is 0.194 e. The Bertz CT molecular complexity index is 3210. The molecule has 274 valence electrons. The molecule has 8 aromatic carbocycles. The first-order valence-electron chi connectivity index (χ1n) is 19.2. The highest BCUT2D eigenvalue weighted by Gasteiger charge is 2.23. The van der Waals surface area contributed by atoms with Crippen LogP contribution in [0.2, 0.25) is 0 Å². The van der Waals surface area contributed by atoms with E-state index in [2.05, 4.69) is 83.7 Å². The van der Waals surface area contributed by atoms with E-state index in [1.165, 1.54) is 0 Å². The van der Waals surface area contributed by atoms with E-state index in [-0.39, 0.29) is 0 Å². The van der Waals surface area contributed by atoms with Crippen molar-refractivity contribution in [2.75, 3.05) is 0 Å². The first-order valence-corrected chi connectivity index (χ1v) is 19.2. The second-order valence-electron chi connectivity index (χ2n) is 14.2. The Labute approximate surface area is 340 Å². The predicted molar refractivity (Wildman–Crippen MR) is 236 cm³/mol. The van der Waals surface area contributed by atoms with Crippen LogP contribution < -0.4 is 0 Å². The fourth-order valence-electron chi connectivity index (χ4n) is 7.77. The molecule has 0 atom stereocenters. The van der Waals surface area contributed by atoms with Gasteiger partial charge in [-0.05, 0) is 80.9 Å². The van der Waals surface area contributed by atoms with Gasteiger partial charge in [0.25, 0.3) is 0 Å². The zero-order valence-electron chi connectivity index (χ0n) is 31.5. The third-order valence-electron chi connectivity index (χ3n) is 10.6. The Kier molecular flexibility index (Phi) is 8.84. The van der Waals surface area contributed by atoms with Crippen molar-refractivity contribution in [3.8, 4) is 84.7 Å². The number of hydrogen-bond acceptors (Lipinski definition) is 5. The van der Waals surface area contributed by atoms with Gasteiger partial charge in [-0.1, -0.05) is 152 Å². The summed E-state index contributed by atoms with van der Waals surface area (Å²) in [6, 6.07) is 64.5. The number of rotatable bonds is 7. The molecule has 0 radical (unpaired) electrons. The molecule has 6 heteroatoms. The summed E-state index contributed by atoms with van der Waals surface area (Å²) >= 11 is 0. The number of furan rings is 1. The molecule has 0 saturated heterocycles. The average molecular weight is 754 g/mol. The maximum Gasteiger partial charge on any atom is 0.194 e. The summed E-state index contributed by atoms with van der Waals surface area (Å²) in [5.74, 6) is 1.50. The lowest BCUT2D eigenvalue weighted by atomic mass is 9.89. The minimum atomic E-state index is 0.451. The molecule has 2 heterocycles. The van der Waals surface area contributed by atoms with Crippen molar-refractivity contribution in [1.82, 2.24) is 15.0 Å². The Morgan fingerprint density at radius 1 is 0.441 bits per heavy atom. The lowest BCUT2D eigenvalue weighted by Crippen LogP contribution is -2.01. The molecule has 0 amide bonds. The summed E-state index contributed by atoms with van der Waals surface area (Å²) in [6.45, 7) is 8.01. The van der Waals surface area contributed by atoms with Gasteiger partial charge in [-0.2, -0.15) is 5.26 Å². The highest BCUT2D eigenvalue weighted by molar-refractivity contribution is 6.12. The Morgan fingerprint density at radius 3 is 1.68 bits per heavy atom. The van der Waals surface area contributed by atoms with Crippen molar-refractivity contribution in [3.63, 3.8) is 0 Å². The average Bonchev–Trinajstić information content (AvgIpc) is 3.70. The summed E-state index contributed by atoms with van der Waals surface area (Å²) in [7, 11) is 0. The van der Waals surface area contributed by atoms with Crippen LogP contribution in [-0.4, -0.2) is 15.0 Å². The van der Waals surface area contributed by atoms with Crippen molar-refractivity contribution >= 4 is 27.6 Å². The molecule has 0 N–H and O–H groups in total. The lowest BCUT2D eigenvalue weighted by Gasteiger charge is -2.16. The van der Waals surface area contributed by atoms with Crippen LogP contribution in [0.25, 0.3) is 105 Å². The molecule has 0 aliphatic carbocycles. The van der Waals surface area contributed by atoms with Crippen molar-refractivity contribution in [1.29, 1.82) is 5.26 Å². The zero-order chi connectivity index (χ0) is 39.7. The molecule has 0 aliphatic heterocycles. The van der Waals surface area contributed by atoms with Crippen molar-refractivity contribution < 1.29 is 4.42 Å². The third kappa shape index (κ3) is 6.47. The Balaban J connectivity index is 1.26. The number of nitriles is 1. The van der Waals surface area contributed by atoms with Crippen molar-refractivity contribution in [3.05, 3.63) is 205 Å². The first-order chi connectivity index (χ1) is 29.1. The number of hydrogen-bond donors (Lipinski definition) is 0. The second-order valence-corrected chi connectivity index (χ2v) is 14.2. The monoisotopic (exact) mass is 753 g/mol. The van der Waals surface area contributed by atoms with Gasteiger partial charge in [0.05, 0.1) is 23.8 Å². The van der Waals surface area contributed by atoms with E-state index in [0.29, 0.717) is 39.9 Å². The maximum absolute atomic E-state index is 10.2. The number of nitrogens with zero attached hydrogens (tertiary/aromatic N) is 5. The highest BCUT2D eigenvalue weighted by Crippen LogP contribution is 2.44. The highest BCUT2D eigenvalue weighted by atomic mass is 16.3. The molecule has 0 unspecified atom stereocenters. The molecule has 2 aromatic heterocycles. The largest absolute Gasteiger partial charge is 0.455 e. The van der Waals surface area contributed by atoms with E-state index in [0.717, 1.165) is 72.0 Å². The summed E-state index contributed by atoms with van der Waals surface area (Å²) in [5.41, 5.74) is 12.0. The van der Waals surface area contributed by atoms with Crippen LogP contribution in [-0.2, 0) is 0 Å². The molecule has 0 fully saturated rings. The molecular weight excluding hydrogens is 723 g/mol. The summed E-state index contributed by atoms with van der Waals surface area (Å²) in [6.07, 6.45) is 0. The van der Waals surface area contributed by atoms with E-state index < -0.39 is 0 Å². The number of fused-ring (bicyclic) bond motifs is 3. The Hall–Kier alpha value is -8.45. The van der Waals surface area contributed by atoms with Gasteiger partial charge in [0.2, 0.25) is 0 Å². The van der Waals surface area contributed by atoms with Crippen molar-refractivity contribution in [2.45, 2.75) is 0 Å². The zero-order valence-corrected chi connectivity index (χ0v) is 31.5. The van der Waals surface area contributed by atoms with Gasteiger partial charge in [-0.25, -0.2) is 19.8 Å². The van der Waals surface area contributed by atoms with E-state index in [9.17, 15) is 5.26 Å². The SMILES string of the molecule is [C-]#[N+]c1ccccc1-c1cc(-c2ccccc2C#N)cc(-c2ccc3c(oc4ccccc43)c2-c2nc(-c3ccccc3)nc(-c3ccc(-c4ccccc4)cc3)n2)c1. The topological polar surface area (TPSA) is 80.0 Å². The second kappa shape index (κ2) is 14.9. The first kappa shape index (κ1) is 35.0. The molecule has 59 heavy (non-hydrogen) atoms. The van der Waals surface area contributed by atoms with Crippen molar-refractivity contribution in [2.24, 2.45) is 0 Å². The van der Waals surface area contributed by atoms with Gasteiger partial charge in [0.15, 0.2) is 23.2 Å². The van der Waals surface area contributed by atoms with E-state index >= 15 is 0 Å². The summed E-state index contributed by atoms with van der Waals surface area (Å²) in [5, 5.41) is 12.1. The number of para-hydroxylation sites is 2. The molecule has 10 rings (SSSR count). The van der Waals surface area contributed by atoms with Crippen LogP contribution in [0.1, 0.15) is 5.56 Å². The van der Waals surface area contributed by atoms with E-state index in [4.69, 9.17) is 25.9 Å². The quantitative estimate of drug-likeness (QED) is 0.151. The van der Waals surface area contributed by atoms with E-state index in [1.54, 1.807) is 0 Å². The molecule has 0 bridgehead atoms. The fraction of sp³-hybridized carbons (Fsp3) is 0.